The maximum atomic E-state index is 12.6. The highest BCUT2D eigenvalue weighted by atomic mass is 19.4. The van der Waals surface area contributed by atoms with Gasteiger partial charge in [0.15, 0.2) is 0 Å². The number of benzene rings is 1. The van der Waals surface area contributed by atoms with Crippen molar-refractivity contribution in [2.24, 2.45) is 0 Å². The van der Waals surface area contributed by atoms with Crippen molar-refractivity contribution in [3.05, 3.63) is 63.5 Å². The van der Waals surface area contributed by atoms with Crippen LogP contribution in [0, 0.1) is 10.1 Å². The Balaban J connectivity index is 2.35. The number of rotatable bonds is 3. The third-order valence-electron chi connectivity index (χ3n) is 3.43. The molecule has 0 unspecified atom stereocenters. The van der Waals surface area contributed by atoms with Crippen LogP contribution in [0.15, 0.2) is 42.2 Å². The van der Waals surface area contributed by atoms with Crippen LogP contribution in [0.1, 0.15) is 25.0 Å². The summed E-state index contributed by atoms with van der Waals surface area (Å²) in [4.78, 5) is 12.3. The summed E-state index contributed by atoms with van der Waals surface area (Å²) in [6.07, 6.45) is -1.53. The van der Waals surface area contributed by atoms with Crippen LogP contribution >= 0.6 is 0 Å². The van der Waals surface area contributed by atoms with Gasteiger partial charge in [0.1, 0.15) is 0 Å². The van der Waals surface area contributed by atoms with Crippen LogP contribution in [0.5, 0.6) is 0 Å². The van der Waals surface area contributed by atoms with Gasteiger partial charge in [-0.2, -0.15) is 13.2 Å². The van der Waals surface area contributed by atoms with Crippen molar-refractivity contribution in [2.45, 2.75) is 26.1 Å². The van der Waals surface area contributed by atoms with Crippen LogP contribution in [0.2, 0.25) is 0 Å². The number of nitro groups is 1. The summed E-state index contributed by atoms with van der Waals surface area (Å²) in [5.41, 5.74) is 0.357. The van der Waals surface area contributed by atoms with E-state index in [1.807, 2.05) is 13.8 Å². The smallest absolute Gasteiger partial charge is 0.365 e. The summed E-state index contributed by atoms with van der Waals surface area (Å²) in [5, 5.41) is 11.0. The maximum absolute atomic E-state index is 12.6. The molecule has 7 heteroatoms. The van der Waals surface area contributed by atoms with E-state index in [2.05, 4.69) is 0 Å². The minimum atomic E-state index is -4.39. The molecule has 0 bridgehead atoms. The second-order valence-corrected chi connectivity index (χ2v) is 5.32. The van der Waals surface area contributed by atoms with Gasteiger partial charge in [0.05, 0.1) is 16.7 Å². The number of alkyl halides is 3. The lowest BCUT2D eigenvalue weighted by Crippen LogP contribution is -2.30. The van der Waals surface area contributed by atoms with E-state index in [9.17, 15) is 23.3 Å². The third-order valence-corrected chi connectivity index (χ3v) is 3.43. The highest BCUT2D eigenvalue weighted by molar-refractivity contribution is 5.70. The van der Waals surface area contributed by atoms with Gasteiger partial charge in [-0.1, -0.05) is 12.1 Å². The highest BCUT2D eigenvalue weighted by Gasteiger charge is 2.30. The van der Waals surface area contributed by atoms with Gasteiger partial charge < -0.3 is 4.90 Å². The first-order valence-electron chi connectivity index (χ1n) is 6.68. The van der Waals surface area contributed by atoms with Crippen molar-refractivity contribution in [3.8, 4) is 0 Å². The maximum Gasteiger partial charge on any atom is 0.416 e. The number of hydrogen-bond donors (Lipinski definition) is 0. The predicted octanol–water partition coefficient (Wildman–Crippen LogP) is 3.93. The molecule has 0 aromatic heterocycles. The van der Waals surface area contributed by atoms with Gasteiger partial charge in [0.2, 0.25) is 0 Å². The molecule has 0 saturated carbocycles. The van der Waals surface area contributed by atoms with Gasteiger partial charge in [0.25, 0.3) is 5.70 Å². The topological polar surface area (TPSA) is 46.4 Å². The molecule has 0 saturated heterocycles. The van der Waals surface area contributed by atoms with Crippen LogP contribution in [0.25, 0.3) is 5.57 Å². The summed E-state index contributed by atoms with van der Waals surface area (Å²) < 4.78 is 37.7. The summed E-state index contributed by atoms with van der Waals surface area (Å²) >= 11 is 0. The zero-order valence-corrected chi connectivity index (χ0v) is 12.1. The quantitative estimate of drug-likeness (QED) is 0.627. The van der Waals surface area contributed by atoms with E-state index in [-0.39, 0.29) is 11.7 Å². The summed E-state index contributed by atoms with van der Waals surface area (Å²) in [6.45, 7) is 4.20. The van der Waals surface area contributed by atoms with Gasteiger partial charge in [-0.05, 0) is 37.1 Å². The minimum Gasteiger partial charge on any atom is -0.365 e. The van der Waals surface area contributed by atoms with Crippen molar-refractivity contribution in [1.82, 2.24) is 4.90 Å². The zero-order valence-electron chi connectivity index (χ0n) is 12.1. The normalized spacial score (nSPS) is 15.6. The average molecular weight is 312 g/mol. The largest absolute Gasteiger partial charge is 0.416 e. The summed E-state index contributed by atoms with van der Waals surface area (Å²) in [6, 6.07) is 4.71. The Bertz CT molecular complexity index is 631. The van der Waals surface area contributed by atoms with Crippen molar-refractivity contribution in [3.63, 3.8) is 0 Å². The molecule has 0 radical (unpaired) electrons. The number of allylic oxidation sites excluding steroid dienone is 1. The first kappa shape index (κ1) is 16.1. The molecule has 1 aromatic carbocycles. The van der Waals surface area contributed by atoms with Gasteiger partial charge in [0, 0.05) is 18.7 Å². The second kappa shape index (κ2) is 5.82. The van der Waals surface area contributed by atoms with Gasteiger partial charge in [-0.15, -0.1) is 0 Å². The number of nitrogens with zero attached hydrogens (tertiary/aromatic N) is 2. The van der Waals surface area contributed by atoms with E-state index in [0.717, 1.165) is 12.1 Å². The van der Waals surface area contributed by atoms with E-state index in [0.29, 0.717) is 17.7 Å². The fraction of sp³-hybridized carbons (Fsp3) is 0.333. The van der Waals surface area contributed by atoms with Crippen LogP contribution in [-0.2, 0) is 6.18 Å². The van der Waals surface area contributed by atoms with E-state index < -0.39 is 16.7 Å². The molecule has 0 amide bonds. The summed E-state index contributed by atoms with van der Waals surface area (Å²) in [7, 11) is 0. The van der Waals surface area contributed by atoms with Gasteiger partial charge >= 0.3 is 6.18 Å². The molecule has 1 aliphatic heterocycles. The molecular weight excluding hydrogens is 297 g/mol. The highest BCUT2D eigenvalue weighted by Crippen LogP contribution is 2.31. The molecule has 22 heavy (non-hydrogen) atoms. The Morgan fingerprint density at radius 3 is 2.27 bits per heavy atom. The molecule has 4 nitrogen and oxygen atoms in total. The number of halogens is 3. The van der Waals surface area contributed by atoms with Gasteiger partial charge in [-0.25, -0.2) is 0 Å². The van der Waals surface area contributed by atoms with E-state index in [4.69, 9.17) is 0 Å². The van der Waals surface area contributed by atoms with Crippen molar-refractivity contribution >= 4 is 5.57 Å². The molecule has 118 valence electrons. The number of hydrogen-bond acceptors (Lipinski definition) is 3. The molecule has 1 aliphatic rings. The van der Waals surface area contributed by atoms with Crippen molar-refractivity contribution < 1.29 is 18.1 Å². The van der Waals surface area contributed by atoms with Crippen LogP contribution < -0.4 is 0 Å². The Kier molecular flexibility index (Phi) is 4.25. The first-order valence-corrected chi connectivity index (χ1v) is 6.68. The molecule has 0 aliphatic carbocycles. The molecule has 1 heterocycles. The minimum absolute atomic E-state index is 0.0492. The lowest BCUT2D eigenvalue weighted by atomic mass is 10.00. The standard InChI is InChI=1S/C15H15F3N2O2/c1-10(2)19-8-12(7-14(9-19)20(21)22)11-3-5-13(6-4-11)15(16,17)18/h3-7,9-10H,8H2,1-2H3. The predicted molar refractivity (Wildman–Crippen MR) is 76.3 cm³/mol. The molecule has 0 spiro atoms. The molecular formula is C15H15F3N2O2. The first-order chi connectivity index (χ1) is 10.2. The monoisotopic (exact) mass is 312 g/mol. The summed E-state index contributed by atoms with van der Waals surface area (Å²) in [5.74, 6) is 0. The molecule has 2 rings (SSSR count). The molecule has 1 aromatic rings. The van der Waals surface area contributed by atoms with Crippen LogP contribution in [0.3, 0.4) is 0 Å². The van der Waals surface area contributed by atoms with Crippen LogP contribution in [0.4, 0.5) is 13.2 Å². The van der Waals surface area contributed by atoms with Gasteiger partial charge in [-0.3, -0.25) is 10.1 Å². The lowest BCUT2D eigenvalue weighted by Gasteiger charge is -2.28. The molecule has 0 atom stereocenters. The fourth-order valence-corrected chi connectivity index (χ4v) is 2.15. The van der Waals surface area contributed by atoms with Crippen LogP contribution in [-0.4, -0.2) is 22.4 Å². The Morgan fingerprint density at radius 1 is 1.23 bits per heavy atom. The van der Waals surface area contributed by atoms with E-state index in [1.54, 1.807) is 4.90 Å². The zero-order chi connectivity index (χ0) is 16.5. The van der Waals surface area contributed by atoms with Crippen molar-refractivity contribution in [1.29, 1.82) is 0 Å². The Morgan fingerprint density at radius 2 is 1.82 bits per heavy atom. The molecule has 0 fully saturated rings. The fourth-order valence-electron chi connectivity index (χ4n) is 2.15. The Hall–Kier alpha value is -2.31. The second-order valence-electron chi connectivity index (χ2n) is 5.32. The van der Waals surface area contributed by atoms with Crippen molar-refractivity contribution in [2.75, 3.05) is 6.54 Å². The SMILES string of the molecule is CC(C)N1C=C([N+](=O)[O-])C=C(c2ccc(C(F)(F)F)cc2)C1. The Labute approximate surface area is 125 Å². The third kappa shape index (κ3) is 3.47. The molecule has 0 N–H and O–H groups in total. The average Bonchev–Trinajstić information content (AvgIpc) is 2.46. The van der Waals surface area contributed by atoms with E-state index >= 15 is 0 Å². The lowest BCUT2D eigenvalue weighted by molar-refractivity contribution is -0.420. The van der Waals surface area contributed by atoms with E-state index in [1.165, 1.54) is 24.4 Å².